The molecule has 1 heterocycles. The average Bonchev–Trinajstić information content (AvgIpc) is 2.52. The zero-order chi connectivity index (χ0) is 18.9. The molecule has 2 nitrogen and oxygen atoms in total. The third-order valence-corrected chi connectivity index (χ3v) is 5.73. The number of rotatable bonds is 1. The molecule has 4 rings (SSSR count). The van der Waals surface area contributed by atoms with Crippen LogP contribution in [0.25, 0.3) is 22.2 Å². The quantitative estimate of drug-likeness (QED) is 0.550. The van der Waals surface area contributed by atoms with Crippen LogP contribution in [0.4, 0.5) is 0 Å². The highest BCUT2D eigenvalue weighted by molar-refractivity contribution is 5.99. The lowest BCUT2D eigenvalue weighted by atomic mass is 9.68. The van der Waals surface area contributed by atoms with E-state index >= 15 is 0 Å². The van der Waals surface area contributed by atoms with Gasteiger partial charge in [-0.15, -0.1) is 0 Å². The minimum atomic E-state index is -0.0312. The molecular formula is C24H29N2+. The molecule has 0 aliphatic heterocycles. The van der Waals surface area contributed by atoms with Crippen LogP contribution in [0.2, 0.25) is 0 Å². The van der Waals surface area contributed by atoms with Crippen LogP contribution in [0.5, 0.6) is 0 Å². The van der Waals surface area contributed by atoms with E-state index < -0.39 is 0 Å². The Morgan fingerprint density at radius 2 is 1.81 bits per heavy atom. The number of fused-ring (bicyclic) bond motifs is 2. The molecule has 0 amide bonds. The zero-order valence-corrected chi connectivity index (χ0v) is 17.1. The molecule has 1 aliphatic carbocycles. The van der Waals surface area contributed by atoms with Crippen LogP contribution in [0.3, 0.4) is 0 Å². The summed E-state index contributed by atoms with van der Waals surface area (Å²) in [6.45, 7) is 13.8. The van der Waals surface area contributed by atoms with Gasteiger partial charge in [0, 0.05) is 11.0 Å². The van der Waals surface area contributed by atoms with Gasteiger partial charge in [0.2, 0.25) is 0 Å². The molecule has 0 fully saturated rings. The van der Waals surface area contributed by atoms with Crippen LogP contribution in [0.15, 0.2) is 36.7 Å². The molecule has 0 N–H and O–H groups in total. The number of aryl methyl sites for hydroxylation is 2. The van der Waals surface area contributed by atoms with Gasteiger partial charge in [-0.25, -0.2) is 4.57 Å². The topological polar surface area (TPSA) is 16.8 Å². The maximum atomic E-state index is 4.81. The largest absolute Gasteiger partial charge is 0.287 e. The van der Waals surface area contributed by atoms with Crippen molar-refractivity contribution >= 4 is 10.9 Å². The van der Waals surface area contributed by atoms with Crippen LogP contribution in [-0.2, 0) is 18.9 Å². The first kappa shape index (κ1) is 17.2. The minimum absolute atomic E-state index is 0.0312. The molecule has 0 saturated heterocycles. The highest BCUT2D eigenvalue weighted by Gasteiger charge is 2.38. The Morgan fingerprint density at radius 1 is 1.08 bits per heavy atom. The SMILES string of the molecule is Cc1cccc2c1-c1c3c(cc(CC(C)(C)C)cc3nc[n+]1C)C2(C)C. The van der Waals surface area contributed by atoms with E-state index in [1.165, 1.54) is 38.9 Å². The number of hydrogen-bond donors (Lipinski definition) is 0. The molecule has 0 saturated carbocycles. The fraction of sp³-hybridized carbons (Fsp3) is 0.417. The van der Waals surface area contributed by atoms with E-state index in [1.807, 2.05) is 6.33 Å². The van der Waals surface area contributed by atoms with E-state index in [0.717, 1.165) is 11.9 Å². The molecule has 0 radical (unpaired) electrons. The molecule has 3 aromatic rings. The van der Waals surface area contributed by atoms with Gasteiger partial charge >= 0.3 is 0 Å². The summed E-state index contributed by atoms with van der Waals surface area (Å²) in [5.41, 5.74) is 9.58. The number of nitrogens with zero attached hydrogens (tertiary/aromatic N) is 2. The molecule has 2 heteroatoms. The summed E-state index contributed by atoms with van der Waals surface area (Å²) >= 11 is 0. The number of aromatic nitrogens is 2. The first-order valence-corrected chi connectivity index (χ1v) is 9.52. The van der Waals surface area contributed by atoms with Crippen molar-refractivity contribution in [3.05, 3.63) is 58.9 Å². The van der Waals surface area contributed by atoms with Gasteiger partial charge in [-0.2, -0.15) is 0 Å². The second-order valence-electron chi connectivity index (χ2n) is 9.60. The predicted octanol–water partition coefficient (Wildman–Crippen LogP) is 5.26. The lowest BCUT2D eigenvalue weighted by Crippen LogP contribution is -2.36. The van der Waals surface area contributed by atoms with Crippen LogP contribution in [0, 0.1) is 12.3 Å². The van der Waals surface area contributed by atoms with Gasteiger partial charge in [-0.3, -0.25) is 0 Å². The molecule has 1 aliphatic rings. The summed E-state index contributed by atoms with van der Waals surface area (Å²) in [4.78, 5) is 4.81. The third kappa shape index (κ3) is 2.46. The molecule has 0 spiro atoms. The van der Waals surface area contributed by atoms with Crippen LogP contribution >= 0.6 is 0 Å². The fourth-order valence-electron chi connectivity index (χ4n) is 4.58. The maximum absolute atomic E-state index is 4.81. The Kier molecular flexibility index (Phi) is 3.57. The molecule has 2 aromatic carbocycles. The highest BCUT2D eigenvalue weighted by atomic mass is 15.0. The van der Waals surface area contributed by atoms with Crippen LogP contribution in [-0.4, -0.2) is 4.98 Å². The molecule has 26 heavy (non-hydrogen) atoms. The predicted molar refractivity (Wildman–Crippen MR) is 108 cm³/mol. The van der Waals surface area contributed by atoms with Crippen molar-refractivity contribution in [3.63, 3.8) is 0 Å². The van der Waals surface area contributed by atoms with Gasteiger partial charge in [0.25, 0.3) is 6.33 Å². The number of hydrogen-bond acceptors (Lipinski definition) is 1. The summed E-state index contributed by atoms with van der Waals surface area (Å²) < 4.78 is 2.19. The molecule has 134 valence electrons. The van der Waals surface area contributed by atoms with Gasteiger partial charge in [-0.1, -0.05) is 58.9 Å². The second kappa shape index (κ2) is 5.39. The highest BCUT2D eigenvalue weighted by Crippen LogP contribution is 2.48. The van der Waals surface area contributed by atoms with Gasteiger partial charge in [-0.05, 0) is 52.1 Å². The first-order chi connectivity index (χ1) is 12.1. The molecular weight excluding hydrogens is 316 g/mol. The summed E-state index contributed by atoms with van der Waals surface area (Å²) in [5.74, 6) is 0. The van der Waals surface area contributed by atoms with Gasteiger partial charge in [0.15, 0.2) is 5.52 Å². The van der Waals surface area contributed by atoms with Crippen molar-refractivity contribution in [2.45, 2.75) is 53.4 Å². The van der Waals surface area contributed by atoms with E-state index in [0.29, 0.717) is 0 Å². The Balaban J connectivity index is 2.14. The maximum Gasteiger partial charge on any atom is 0.287 e. The van der Waals surface area contributed by atoms with Gasteiger partial charge < -0.3 is 0 Å². The summed E-state index contributed by atoms with van der Waals surface area (Å²) in [6.07, 6.45) is 3.03. The fourth-order valence-corrected chi connectivity index (χ4v) is 4.58. The summed E-state index contributed by atoms with van der Waals surface area (Å²) in [5, 5.41) is 1.32. The lowest BCUT2D eigenvalue weighted by Gasteiger charge is -2.35. The monoisotopic (exact) mass is 345 g/mol. The molecule has 0 bridgehead atoms. The van der Waals surface area contributed by atoms with Gasteiger partial charge in [0.05, 0.1) is 12.4 Å². The molecule has 0 atom stereocenters. The van der Waals surface area contributed by atoms with Crippen molar-refractivity contribution in [1.29, 1.82) is 0 Å². The Hall–Kier alpha value is -2.22. The third-order valence-electron chi connectivity index (χ3n) is 5.73. The normalized spacial score (nSPS) is 15.2. The van der Waals surface area contributed by atoms with Crippen molar-refractivity contribution < 1.29 is 4.57 Å². The second-order valence-corrected chi connectivity index (χ2v) is 9.60. The van der Waals surface area contributed by atoms with Crippen molar-refractivity contribution in [2.24, 2.45) is 12.5 Å². The standard InChI is InChI=1S/C24H29N2/c1-15-9-8-10-17-20(15)22-21-18(24(17,5)6)11-16(13-23(2,3)4)12-19(21)25-14-26(22)7/h8-12,14H,13H2,1-7H3/q+1. The Bertz CT molecular complexity index is 1040. The Labute approximate surface area is 156 Å². The van der Waals surface area contributed by atoms with Crippen molar-refractivity contribution in [2.75, 3.05) is 0 Å². The molecule has 0 unspecified atom stereocenters. The van der Waals surface area contributed by atoms with E-state index in [9.17, 15) is 0 Å². The van der Waals surface area contributed by atoms with Crippen LogP contribution < -0.4 is 4.57 Å². The van der Waals surface area contributed by atoms with Crippen LogP contribution in [0.1, 0.15) is 56.9 Å². The first-order valence-electron chi connectivity index (χ1n) is 9.52. The molecule has 1 aromatic heterocycles. The van der Waals surface area contributed by atoms with Crippen molar-refractivity contribution in [3.8, 4) is 11.3 Å². The smallest absolute Gasteiger partial charge is 0.232 e. The summed E-state index contributed by atoms with van der Waals surface area (Å²) in [7, 11) is 2.11. The zero-order valence-electron chi connectivity index (χ0n) is 17.1. The average molecular weight is 346 g/mol. The van der Waals surface area contributed by atoms with E-state index in [2.05, 4.69) is 83.5 Å². The van der Waals surface area contributed by atoms with Gasteiger partial charge in [0.1, 0.15) is 5.69 Å². The lowest BCUT2D eigenvalue weighted by molar-refractivity contribution is -0.662. The van der Waals surface area contributed by atoms with E-state index in [4.69, 9.17) is 4.98 Å². The Morgan fingerprint density at radius 3 is 2.50 bits per heavy atom. The van der Waals surface area contributed by atoms with E-state index in [-0.39, 0.29) is 10.8 Å². The number of benzene rings is 2. The minimum Gasteiger partial charge on any atom is -0.232 e. The van der Waals surface area contributed by atoms with E-state index in [1.54, 1.807) is 0 Å². The summed E-state index contributed by atoms with van der Waals surface area (Å²) in [6, 6.07) is 11.4. The van der Waals surface area contributed by atoms with Crippen molar-refractivity contribution in [1.82, 2.24) is 4.98 Å².